The first-order valence-corrected chi connectivity index (χ1v) is 9.06. The fourth-order valence-electron chi connectivity index (χ4n) is 2.85. The number of rotatable bonds is 5. The smallest absolute Gasteiger partial charge is 0.229 e. The number of anilines is 2. The summed E-state index contributed by atoms with van der Waals surface area (Å²) in [6.07, 6.45) is 0.0944. The van der Waals surface area contributed by atoms with Crippen molar-refractivity contribution in [3.8, 4) is 5.75 Å². The highest BCUT2D eigenvalue weighted by Gasteiger charge is 2.35. The van der Waals surface area contributed by atoms with Crippen molar-refractivity contribution in [2.75, 3.05) is 23.4 Å². The Morgan fingerprint density at radius 3 is 2.69 bits per heavy atom. The Morgan fingerprint density at radius 1 is 1.31 bits per heavy atom. The van der Waals surface area contributed by atoms with Crippen LogP contribution in [0, 0.1) is 11.7 Å². The van der Waals surface area contributed by atoms with Gasteiger partial charge in [-0.15, -0.1) is 0 Å². The Morgan fingerprint density at radius 2 is 2.04 bits per heavy atom. The van der Waals surface area contributed by atoms with Crippen LogP contribution in [0.3, 0.4) is 0 Å². The number of amides is 2. The second-order valence-corrected chi connectivity index (χ2v) is 6.86. The summed E-state index contributed by atoms with van der Waals surface area (Å²) in [6.45, 7) is 2.73. The zero-order valence-corrected chi connectivity index (χ0v) is 15.8. The van der Waals surface area contributed by atoms with Gasteiger partial charge in [0, 0.05) is 23.1 Å². The number of nitrogens with zero attached hydrogens (tertiary/aromatic N) is 1. The van der Waals surface area contributed by atoms with E-state index in [1.165, 1.54) is 12.1 Å². The molecule has 3 rings (SSSR count). The summed E-state index contributed by atoms with van der Waals surface area (Å²) in [5.74, 6) is -0.834. The predicted molar refractivity (Wildman–Crippen MR) is 101 cm³/mol. The Hall–Kier alpha value is -2.41. The summed E-state index contributed by atoms with van der Waals surface area (Å²) in [5.41, 5.74) is 0.814. The van der Waals surface area contributed by atoms with E-state index in [4.69, 9.17) is 4.74 Å². The molecule has 0 radical (unpaired) electrons. The Labute approximate surface area is 159 Å². The van der Waals surface area contributed by atoms with Crippen LogP contribution in [0.2, 0.25) is 0 Å². The molecule has 2 amide bonds. The number of hydrogen-bond acceptors (Lipinski definition) is 3. The normalized spacial score (nSPS) is 16.7. The van der Waals surface area contributed by atoms with Gasteiger partial charge in [-0.05, 0) is 49.4 Å². The van der Waals surface area contributed by atoms with Gasteiger partial charge in [-0.2, -0.15) is 0 Å². The molecule has 1 aliphatic heterocycles. The lowest BCUT2D eigenvalue weighted by molar-refractivity contribution is -0.122. The summed E-state index contributed by atoms with van der Waals surface area (Å²) in [5, 5.41) is 2.56. The molecule has 26 heavy (non-hydrogen) atoms. The van der Waals surface area contributed by atoms with Crippen molar-refractivity contribution in [2.24, 2.45) is 5.92 Å². The summed E-state index contributed by atoms with van der Waals surface area (Å²) in [6, 6.07) is 11.6. The van der Waals surface area contributed by atoms with Crippen molar-refractivity contribution in [3.05, 3.63) is 52.8 Å². The van der Waals surface area contributed by atoms with E-state index in [1.54, 1.807) is 35.2 Å². The van der Waals surface area contributed by atoms with E-state index in [9.17, 15) is 14.0 Å². The highest BCUT2D eigenvalue weighted by atomic mass is 79.9. The maximum absolute atomic E-state index is 13.9. The van der Waals surface area contributed by atoms with Crippen molar-refractivity contribution in [2.45, 2.75) is 13.3 Å². The van der Waals surface area contributed by atoms with Crippen LogP contribution in [0.4, 0.5) is 15.8 Å². The lowest BCUT2D eigenvalue weighted by Gasteiger charge is -2.17. The largest absolute Gasteiger partial charge is 0.494 e. The number of halogens is 2. The zero-order chi connectivity index (χ0) is 18.7. The van der Waals surface area contributed by atoms with Gasteiger partial charge in [0.25, 0.3) is 0 Å². The Bertz CT molecular complexity index is 826. The second-order valence-electron chi connectivity index (χ2n) is 5.95. The number of hydrogen-bond donors (Lipinski definition) is 1. The molecule has 1 heterocycles. The van der Waals surface area contributed by atoms with Gasteiger partial charge < -0.3 is 15.0 Å². The lowest BCUT2D eigenvalue weighted by atomic mass is 10.1. The molecule has 1 unspecified atom stereocenters. The maximum atomic E-state index is 13.9. The van der Waals surface area contributed by atoms with Gasteiger partial charge in [-0.25, -0.2) is 4.39 Å². The molecule has 2 aromatic rings. The molecule has 0 aliphatic carbocycles. The number of carbonyl (C=O) groups excluding carboxylic acids is 2. The van der Waals surface area contributed by atoms with Crippen LogP contribution < -0.4 is 15.0 Å². The van der Waals surface area contributed by atoms with E-state index in [-0.39, 0.29) is 30.5 Å². The topological polar surface area (TPSA) is 58.6 Å². The van der Waals surface area contributed by atoms with Crippen LogP contribution in [-0.2, 0) is 9.59 Å². The molecular weight excluding hydrogens is 403 g/mol. The molecule has 7 heteroatoms. The molecule has 2 aromatic carbocycles. The van der Waals surface area contributed by atoms with Crippen molar-refractivity contribution in [3.63, 3.8) is 0 Å². The molecule has 1 saturated heterocycles. The van der Waals surface area contributed by atoms with Crippen LogP contribution in [0.5, 0.6) is 5.75 Å². The minimum absolute atomic E-state index is 0.0944. The highest BCUT2D eigenvalue weighted by Crippen LogP contribution is 2.28. The van der Waals surface area contributed by atoms with Crippen molar-refractivity contribution < 1.29 is 18.7 Å². The van der Waals surface area contributed by atoms with Gasteiger partial charge >= 0.3 is 0 Å². The molecule has 5 nitrogen and oxygen atoms in total. The average molecular weight is 421 g/mol. The fourth-order valence-corrected chi connectivity index (χ4v) is 3.18. The van der Waals surface area contributed by atoms with Gasteiger partial charge in [0.05, 0.1) is 18.2 Å². The molecule has 1 fully saturated rings. The molecule has 1 aliphatic rings. The third-order valence-electron chi connectivity index (χ3n) is 4.14. The van der Waals surface area contributed by atoms with Gasteiger partial charge in [-0.1, -0.05) is 15.9 Å². The van der Waals surface area contributed by atoms with E-state index in [1.807, 2.05) is 6.92 Å². The summed E-state index contributed by atoms with van der Waals surface area (Å²) in [7, 11) is 0. The molecular formula is C19H18BrFN2O3. The lowest BCUT2D eigenvalue weighted by Crippen LogP contribution is -2.28. The molecule has 1 atom stereocenters. The Balaban J connectivity index is 1.67. The van der Waals surface area contributed by atoms with Crippen LogP contribution in [0.1, 0.15) is 13.3 Å². The van der Waals surface area contributed by atoms with Gasteiger partial charge in [-0.3, -0.25) is 9.59 Å². The summed E-state index contributed by atoms with van der Waals surface area (Å²) >= 11 is 3.17. The highest BCUT2D eigenvalue weighted by molar-refractivity contribution is 9.10. The molecule has 1 N–H and O–H groups in total. The maximum Gasteiger partial charge on any atom is 0.229 e. The van der Waals surface area contributed by atoms with E-state index in [0.29, 0.717) is 16.8 Å². The second kappa shape index (κ2) is 7.86. The first-order valence-electron chi connectivity index (χ1n) is 8.27. The first kappa shape index (κ1) is 18.4. The molecule has 0 bridgehead atoms. The summed E-state index contributed by atoms with van der Waals surface area (Å²) < 4.78 is 19.9. The Kier molecular flexibility index (Phi) is 5.56. The minimum atomic E-state index is -0.530. The third kappa shape index (κ3) is 4.04. The van der Waals surface area contributed by atoms with Crippen molar-refractivity contribution in [1.29, 1.82) is 0 Å². The van der Waals surface area contributed by atoms with Crippen LogP contribution in [0.15, 0.2) is 46.9 Å². The number of benzene rings is 2. The van der Waals surface area contributed by atoms with E-state index in [2.05, 4.69) is 21.2 Å². The van der Waals surface area contributed by atoms with E-state index < -0.39 is 11.7 Å². The summed E-state index contributed by atoms with van der Waals surface area (Å²) in [4.78, 5) is 26.3. The van der Waals surface area contributed by atoms with Gasteiger partial charge in [0.1, 0.15) is 11.6 Å². The predicted octanol–water partition coefficient (Wildman–Crippen LogP) is 3.98. The number of carbonyl (C=O) groups is 2. The SMILES string of the molecule is CCOc1ccc(N2CC(C(=O)Nc3ccc(Br)cc3F)CC2=O)cc1. The minimum Gasteiger partial charge on any atom is -0.494 e. The molecule has 0 saturated carbocycles. The van der Waals surface area contributed by atoms with Gasteiger partial charge in [0.15, 0.2) is 0 Å². The quantitative estimate of drug-likeness (QED) is 0.795. The molecule has 0 aromatic heterocycles. The number of ether oxygens (including phenoxy) is 1. The van der Waals surface area contributed by atoms with Crippen LogP contribution in [0.25, 0.3) is 0 Å². The van der Waals surface area contributed by atoms with Crippen LogP contribution >= 0.6 is 15.9 Å². The molecule has 136 valence electrons. The first-order chi connectivity index (χ1) is 12.5. The monoisotopic (exact) mass is 420 g/mol. The van der Waals surface area contributed by atoms with Gasteiger partial charge in [0.2, 0.25) is 11.8 Å². The van der Waals surface area contributed by atoms with Crippen molar-refractivity contribution in [1.82, 2.24) is 0 Å². The number of nitrogens with one attached hydrogen (secondary N) is 1. The standard InChI is InChI=1S/C19H18BrFN2O3/c1-2-26-15-6-4-14(5-7-15)23-11-12(9-18(23)24)19(25)22-17-8-3-13(20)10-16(17)21/h3-8,10,12H,2,9,11H2,1H3,(H,22,25). The van der Waals surface area contributed by atoms with E-state index >= 15 is 0 Å². The molecule has 0 spiro atoms. The van der Waals surface area contributed by atoms with E-state index in [0.717, 1.165) is 5.75 Å². The zero-order valence-electron chi connectivity index (χ0n) is 14.2. The fraction of sp³-hybridized carbons (Fsp3) is 0.263. The van der Waals surface area contributed by atoms with Crippen LogP contribution in [-0.4, -0.2) is 25.0 Å². The average Bonchev–Trinajstić information content (AvgIpc) is 3.00. The third-order valence-corrected chi connectivity index (χ3v) is 4.64. The van der Waals surface area contributed by atoms with Crippen molar-refractivity contribution >= 4 is 39.1 Å².